The van der Waals surface area contributed by atoms with Crippen LogP contribution in [0.5, 0.6) is 0 Å². The van der Waals surface area contributed by atoms with E-state index in [1.54, 1.807) is 0 Å². The van der Waals surface area contributed by atoms with Crippen LogP contribution in [0.4, 0.5) is 0 Å². The van der Waals surface area contributed by atoms with Gasteiger partial charge in [-0.15, -0.1) is 0 Å². The van der Waals surface area contributed by atoms with E-state index in [4.69, 9.17) is 0 Å². The molecular formula is C22H44O. The fourth-order valence-corrected chi connectivity index (χ4v) is 3.21. The van der Waals surface area contributed by atoms with E-state index in [-0.39, 0.29) is 0 Å². The zero-order valence-corrected chi connectivity index (χ0v) is 16.3. The predicted octanol–water partition coefficient (Wildman–Crippen LogP) is 8.01. The highest BCUT2D eigenvalue weighted by Gasteiger charge is 2.01. The van der Waals surface area contributed by atoms with Crippen LogP contribution in [0.15, 0.2) is 0 Å². The van der Waals surface area contributed by atoms with Crippen LogP contribution in [-0.2, 0) is 4.79 Å². The molecule has 0 spiro atoms. The number of hydrogen-bond donors (Lipinski definition) is 0. The molecule has 0 amide bonds. The van der Waals surface area contributed by atoms with Crippen molar-refractivity contribution >= 4 is 5.78 Å². The summed E-state index contributed by atoms with van der Waals surface area (Å²) in [5.41, 5.74) is 0. The molecule has 0 N–H and O–H groups in total. The minimum Gasteiger partial charge on any atom is -0.300 e. The first-order chi connectivity index (χ1) is 11.3. The van der Waals surface area contributed by atoms with Crippen molar-refractivity contribution in [1.29, 1.82) is 0 Å². The molecule has 0 aliphatic heterocycles. The molecule has 23 heavy (non-hydrogen) atoms. The summed E-state index contributed by atoms with van der Waals surface area (Å²) in [6.45, 7) is 4.50. The maximum atomic E-state index is 11.7. The SMILES string of the molecule is CCCCCCCCCCCCCCCC(=O)CCCCCC. The molecule has 0 rings (SSSR count). The third-order valence-corrected chi connectivity index (χ3v) is 4.87. The topological polar surface area (TPSA) is 17.1 Å². The van der Waals surface area contributed by atoms with Crippen molar-refractivity contribution in [1.82, 2.24) is 0 Å². The van der Waals surface area contributed by atoms with Crippen molar-refractivity contribution in [3.63, 3.8) is 0 Å². The Morgan fingerprint density at radius 1 is 0.435 bits per heavy atom. The highest BCUT2D eigenvalue weighted by Crippen LogP contribution is 2.13. The van der Waals surface area contributed by atoms with Crippen molar-refractivity contribution in [3.05, 3.63) is 0 Å². The summed E-state index contributed by atoms with van der Waals surface area (Å²) in [6.07, 6.45) is 24.5. The summed E-state index contributed by atoms with van der Waals surface area (Å²) in [5, 5.41) is 0. The van der Waals surface area contributed by atoms with E-state index in [1.165, 1.54) is 96.3 Å². The van der Waals surface area contributed by atoms with Crippen molar-refractivity contribution < 1.29 is 4.79 Å². The second-order valence-corrected chi connectivity index (χ2v) is 7.34. The van der Waals surface area contributed by atoms with Crippen molar-refractivity contribution in [2.24, 2.45) is 0 Å². The summed E-state index contributed by atoms with van der Waals surface area (Å²) < 4.78 is 0. The average molecular weight is 325 g/mol. The lowest BCUT2D eigenvalue weighted by molar-refractivity contribution is -0.119. The van der Waals surface area contributed by atoms with Gasteiger partial charge < -0.3 is 0 Å². The lowest BCUT2D eigenvalue weighted by Gasteiger charge is -2.03. The second kappa shape index (κ2) is 19.7. The van der Waals surface area contributed by atoms with Gasteiger partial charge in [0, 0.05) is 12.8 Å². The number of hydrogen-bond acceptors (Lipinski definition) is 1. The smallest absolute Gasteiger partial charge is 0.132 e. The highest BCUT2D eigenvalue weighted by atomic mass is 16.1. The molecule has 1 nitrogen and oxygen atoms in total. The van der Waals surface area contributed by atoms with Gasteiger partial charge in [-0.25, -0.2) is 0 Å². The highest BCUT2D eigenvalue weighted by molar-refractivity contribution is 5.78. The maximum Gasteiger partial charge on any atom is 0.132 e. The van der Waals surface area contributed by atoms with Crippen molar-refractivity contribution in [2.75, 3.05) is 0 Å². The van der Waals surface area contributed by atoms with E-state index in [0.717, 1.165) is 25.7 Å². The fraction of sp³-hybridized carbons (Fsp3) is 0.955. The molecule has 0 aliphatic rings. The van der Waals surface area contributed by atoms with Gasteiger partial charge in [0.15, 0.2) is 0 Å². The number of ketones is 1. The monoisotopic (exact) mass is 324 g/mol. The van der Waals surface area contributed by atoms with Crippen molar-refractivity contribution in [2.45, 2.75) is 136 Å². The molecule has 1 heteroatoms. The Kier molecular flexibility index (Phi) is 19.4. The van der Waals surface area contributed by atoms with Crippen LogP contribution >= 0.6 is 0 Å². The summed E-state index contributed by atoms with van der Waals surface area (Å²) >= 11 is 0. The first kappa shape index (κ1) is 22.7. The van der Waals surface area contributed by atoms with Crippen LogP contribution in [-0.4, -0.2) is 5.78 Å². The Hall–Kier alpha value is -0.330. The van der Waals surface area contributed by atoms with Crippen LogP contribution in [0.2, 0.25) is 0 Å². The van der Waals surface area contributed by atoms with E-state index in [9.17, 15) is 4.79 Å². The Morgan fingerprint density at radius 3 is 1.04 bits per heavy atom. The van der Waals surface area contributed by atoms with Gasteiger partial charge in [0.1, 0.15) is 5.78 Å². The third kappa shape index (κ3) is 19.6. The van der Waals surface area contributed by atoms with E-state index in [0.29, 0.717) is 5.78 Å². The molecule has 138 valence electrons. The maximum absolute atomic E-state index is 11.7. The summed E-state index contributed by atoms with van der Waals surface area (Å²) in [7, 11) is 0. The number of unbranched alkanes of at least 4 members (excludes halogenated alkanes) is 15. The fourth-order valence-electron chi connectivity index (χ4n) is 3.21. The first-order valence-electron chi connectivity index (χ1n) is 10.8. The predicted molar refractivity (Wildman–Crippen MR) is 104 cm³/mol. The minimum atomic E-state index is 0.504. The Morgan fingerprint density at radius 2 is 0.696 bits per heavy atom. The number of rotatable bonds is 19. The quantitative estimate of drug-likeness (QED) is 0.220. The van der Waals surface area contributed by atoms with E-state index in [2.05, 4.69) is 13.8 Å². The Labute approximate surface area is 147 Å². The van der Waals surface area contributed by atoms with Gasteiger partial charge in [0.05, 0.1) is 0 Å². The molecule has 0 aromatic carbocycles. The van der Waals surface area contributed by atoms with Gasteiger partial charge in [0.25, 0.3) is 0 Å². The molecule has 0 saturated heterocycles. The van der Waals surface area contributed by atoms with Crippen LogP contribution in [0.3, 0.4) is 0 Å². The summed E-state index contributed by atoms with van der Waals surface area (Å²) in [5.74, 6) is 0.504. The first-order valence-corrected chi connectivity index (χ1v) is 10.8. The van der Waals surface area contributed by atoms with Crippen molar-refractivity contribution in [3.8, 4) is 0 Å². The van der Waals surface area contributed by atoms with Crippen LogP contribution in [0.25, 0.3) is 0 Å². The van der Waals surface area contributed by atoms with Gasteiger partial charge in [-0.2, -0.15) is 0 Å². The lowest BCUT2D eigenvalue weighted by atomic mass is 10.0. The molecule has 0 atom stereocenters. The third-order valence-electron chi connectivity index (χ3n) is 4.87. The molecule has 0 bridgehead atoms. The second-order valence-electron chi connectivity index (χ2n) is 7.34. The molecule has 0 fully saturated rings. The van der Waals surface area contributed by atoms with E-state index < -0.39 is 0 Å². The largest absolute Gasteiger partial charge is 0.300 e. The molecule has 0 aromatic rings. The van der Waals surface area contributed by atoms with Gasteiger partial charge in [-0.05, 0) is 12.8 Å². The molecule has 0 unspecified atom stereocenters. The Bertz CT molecular complexity index is 234. The average Bonchev–Trinajstić information content (AvgIpc) is 2.56. The number of carbonyl (C=O) groups excluding carboxylic acids is 1. The lowest BCUT2D eigenvalue weighted by Crippen LogP contribution is -1.97. The molecule has 0 saturated carbocycles. The van der Waals surface area contributed by atoms with Gasteiger partial charge in [-0.3, -0.25) is 4.79 Å². The van der Waals surface area contributed by atoms with Gasteiger partial charge in [-0.1, -0.05) is 110 Å². The molecule has 0 heterocycles. The zero-order chi connectivity index (χ0) is 17.0. The molecular weight excluding hydrogens is 280 g/mol. The van der Waals surface area contributed by atoms with E-state index in [1.807, 2.05) is 0 Å². The van der Waals surface area contributed by atoms with Gasteiger partial charge >= 0.3 is 0 Å². The van der Waals surface area contributed by atoms with Crippen LogP contribution < -0.4 is 0 Å². The summed E-state index contributed by atoms with van der Waals surface area (Å²) in [4.78, 5) is 11.7. The number of Topliss-reactive ketones (excluding diaryl/α,β-unsaturated/α-hetero) is 1. The molecule has 0 aromatic heterocycles. The van der Waals surface area contributed by atoms with Gasteiger partial charge in [0.2, 0.25) is 0 Å². The Balaban J connectivity index is 3.08. The molecule has 0 radical (unpaired) electrons. The normalized spacial score (nSPS) is 11.0. The van der Waals surface area contributed by atoms with Crippen LogP contribution in [0, 0.1) is 0 Å². The van der Waals surface area contributed by atoms with Crippen LogP contribution in [0.1, 0.15) is 136 Å². The molecule has 0 aliphatic carbocycles. The van der Waals surface area contributed by atoms with E-state index >= 15 is 0 Å². The zero-order valence-electron chi connectivity index (χ0n) is 16.3. The standard InChI is InChI=1S/C22H44O/c1-3-5-7-9-10-11-12-13-14-15-16-17-19-21-22(23)20-18-8-6-4-2/h3-21H2,1-2H3. The minimum absolute atomic E-state index is 0.504. The summed E-state index contributed by atoms with van der Waals surface area (Å²) in [6, 6.07) is 0. The number of carbonyl (C=O) groups is 1.